The van der Waals surface area contributed by atoms with E-state index in [1.54, 1.807) is 30.2 Å². The molecule has 32 heavy (non-hydrogen) atoms. The van der Waals surface area contributed by atoms with Gasteiger partial charge in [0.15, 0.2) is 11.5 Å². The summed E-state index contributed by atoms with van der Waals surface area (Å²) < 4.78 is 18.4. The maximum absolute atomic E-state index is 5.75. The molecule has 0 amide bonds. The van der Waals surface area contributed by atoms with Crippen molar-refractivity contribution in [1.82, 2.24) is 30.2 Å². The second kappa shape index (κ2) is 9.00. The van der Waals surface area contributed by atoms with Crippen molar-refractivity contribution < 1.29 is 14.2 Å². The highest BCUT2D eigenvalue weighted by Crippen LogP contribution is 2.42. The fourth-order valence-corrected chi connectivity index (χ4v) is 5.76. The van der Waals surface area contributed by atoms with Crippen molar-refractivity contribution >= 4 is 33.3 Å². The van der Waals surface area contributed by atoms with E-state index in [0.717, 1.165) is 45.8 Å². The minimum Gasteiger partial charge on any atom is -0.493 e. The molecule has 1 saturated heterocycles. The molecule has 0 bridgehead atoms. The van der Waals surface area contributed by atoms with Crippen LogP contribution in [0, 0.1) is 6.92 Å². The quantitative estimate of drug-likeness (QED) is 0.371. The van der Waals surface area contributed by atoms with Crippen molar-refractivity contribution in [3.63, 3.8) is 0 Å². The number of thiophene rings is 1. The monoisotopic (exact) mass is 470 g/mol. The number of tetrazole rings is 1. The van der Waals surface area contributed by atoms with E-state index in [1.807, 2.05) is 25.1 Å². The molecule has 11 heteroatoms. The Bertz CT molecular complexity index is 1250. The average molecular weight is 471 g/mol. The number of hydrogen-bond acceptors (Lipinski definition) is 10. The molecule has 1 aliphatic rings. The summed E-state index contributed by atoms with van der Waals surface area (Å²) in [6.45, 7) is 3.33. The van der Waals surface area contributed by atoms with Crippen LogP contribution in [0.25, 0.3) is 21.3 Å². The van der Waals surface area contributed by atoms with E-state index < -0.39 is 0 Å². The lowest BCUT2D eigenvalue weighted by Gasteiger charge is -2.11. The van der Waals surface area contributed by atoms with Gasteiger partial charge in [-0.15, -0.1) is 16.4 Å². The van der Waals surface area contributed by atoms with Crippen LogP contribution in [-0.2, 0) is 11.3 Å². The van der Waals surface area contributed by atoms with E-state index in [1.165, 1.54) is 11.8 Å². The topological polar surface area (TPSA) is 97.1 Å². The van der Waals surface area contributed by atoms with Crippen LogP contribution in [0.3, 0.4) is 0 Å². The third-order valence-electron chi connectivity index (χ3n) is 5.29. The smallest absolute Gasteiger partial charge is 0.215 e. The van der Waals surface area contributed by atoms with Crippen molar-refractivity contribution in [1.29, 1.82) is 0 Å². The summed E-state index contributed by atoms with van der Waals surface area (Å²) in [5.41, 5.74) is 2.04. The molecule has 5 rings (SSSR count). The molecule has 0 N–H and O–H groups in total. The number of nitrogens with zero attached hydrogens (tertiary/aromatic N) is 6. The molecule has 9 nitrogen and oxygen atoms in total. The van der Waals surface area contributed by atoms with Crippen LogP contribution in [0.1, 0.15) is 18.7 Å². The van der Waals surface area contributed by atoms with Gasteiger partial charge in [0.05, 0.1) is 32.3 Å². The highest BCUT2D eigenvalue weighted by Gasteiger charge is 2.22. The summed E-state index contributed by atoms with van der Waals surface area (Å²) in [6.07, 6.45) is 2.24. The molecule has 0 spiro atoms. The molecular weight excluding hydrogens is 448 g/mol. The first kappa shape index (κ1) is 21.1. The van der Waals surface area contributed by atoms with E-state index in [9.17, 15) is 0 Å². The molecule has 0 radical (unpaired) electrons. The zero-order chi connectivity index (χ0) is 22.1. The summed E-state index contributed by atoms with van der Waals surface area (Å²) in [7, 11) is 3.26. The maximum atomic E-state index is 5.75. The third kappa shape index (κ3) is 4.03. The van der Waals surface area contributed by atoms with Crippen LogP contribution in [0.5, 0.6) is 11.5 Å². The number of ether oxygens (including phenoxy) is 3. The zero-order valence-corrected chi connectivity index (χ0v) is 19.6. The Morgan fingerprint density at radius 2 is 2.09 bits per heavy atom. The summed E-state index contributed by atoms with van der Waals surface area (Å²) in [6, 6.07) is 5.89. The first-order valence-electron chi connectivity index (χ1n) is 10.2. The fourth-order valence-electron chi connectivity index (χ4n) is 3.75. The number of fused-ring (bicyclic) bond motifs is 1. The van der Waals surface area contributed by atoms with E-state index in [0.29, 0.717) is 29.0 Å². The summed E-state index contributed by atoms with van der Waals surface area (Å²) in [4.78, 5) is 10.3. The summed E-state index contributed by atoms with van der Waals surface area (Å²) in [5, 5.41) is 16.9. The molecule has 1 atom stereocenters. The van der Waals surface area contributed by atoms with Gasteiger partial charge in [-0.3, -0.25) is 0 Å². The summed E-state index contributed by atoms with van der Waals surface area (Å²) >= 11 is 3.04. The zero-order valence-electron chi connectivity index (χ0n) is 17.9. The Balaban J connectivity index is 1.55. The third-order valence-corrected chi connectivity index (χ3v) is 7.13. The van der Waals surface area contributed by atoms with Gasteiger partial charge in [0.2, 0.25) is 5.16 Å². The lowest BCUT2D eigenvalue weighted by molar-refractivity contribution is 0.0912. The van der Waals surface area contributed by atoms with E-state index in [2.05, 4.69) is 25.9 Å². The molecule has 166 valence electrons. The number of methoxy groups -OCH3 is 2. The molecular formula is C21H22N6O3S2. The Kier molecular flexibility index (Phi) is 5.94. The average Bonchev–Trinajstić information content (AvgIpc) is 3.55. The van der Waals surface area contributed by atoms with Crippen molar-refractivity contribution in [3.05, 3.63) is 29.4 Å². The van der Waals surface area contributed by atoms with Gasteiger partial charge < -0.3 is 14.2 Å². The van der Waals surface area contributed by atoms with Gasteiger partial charge in [0.1, 0.15) is 15.7 Å². The minimum atomic E-state index is 0.147. The largest absolute Gasteiger partial charge is 0.493 e. The van der Waals surface area contributed by atoms with Crippen LogP contribution in [0.4, 0.5) is 0 Å². The maximum Gasteiger partial charge on any atom is 0.215 e. The predicted molar refractivity (Wildman–Crippen MR) is 122 cm³/mol. The van der Waals surface area contributed by atoms with Gasteiger partial charge in [-0.1, -0.05) is 6.07 Å². The molecule has 0 saturated carbocycles. The fraction of sp³-hybridized carbons (Fsp3) is 0.381. The molecule has 4 aromatic rings. The Morgan fingerprint density at radius 3 is 2.88 bits per heavy atom. The van der Waals surface area contributed by atoms with Gasteiger partial charge in [0.25, 0.3) is 0 Å². The van der Waals surface area contributed by atoms with E-state index in [4.69, 9.17) is 19.2 Å². The van der Waals surface area contributed by atoms with Crippen LogP contribution < -0.4 is 9.47 Å². The second-order valence-electron chi connectivity index (χ2n) is 7.36. The van der Waals surface area contributed by atoms with Gasteiger partial charge in [0, 0.05) is 17.6 Å². The molecule has 1 fully saturated rings. The van der Waals surface area contributed by atoms with E-state index in [-0.39, 0.29) is 6.10 Å². The van der Waals surface area contributed by atoms with Crippen molar-refractivity contribution in [2.45, 2.75) is 42.6 Å². The van der Waals surface area contributed by atoms with Crippen LogP contribution in [0.15, 0.2) is 33.8 Å². The van der Waals surface area contributed by atoms with Crippen LogP contribution in [-0.4, -0.2) is 57.1 Å². The summed E-state index contributed by atoms with van der Waals surface area (Å²) in [5.74, 6) is 2.07. The van der Waals surface area contributed by atoms with Crippen molar-refractivity contribution in [2.75, 3.05) is 20.8 Å². The molecule has 1 aromatic carbocycles. The lowest BCUT2D eigenvalue weighted by atomic mass is 10.1. The number of hydrogen-bond donors (Lipinski definition) is 0. The lowest BCUT2D eigenvalue weighted by Crippen LogP contribution is -2.16. The Morgan fingerprint density at radius 1 is 1.22 bits per heavy atom. The van der Waals surface area contributed by atoms with Gasteiger partial charge in [-0.05, 0) is 59.7 Å². The standard InChI is InChI=1S/C21H22N6O3S2/c1-12-22-19-18(15(11-31-19)13-6-7-16(28-2)17(9-13)29-3)20(23-12)32-21-24-25-26-27(21)10-14-5-4-8-30-14/h6-7,9,11,14H,4-5,8,10H2,1-3H3/t14-/m1/s1. The molecule has 4 heterocycles. The molecule has 1 aliphatic heterocycles. The Labute approximate surface area is 193 Å². The predicted octanol–water partition coefficient (Wildman–Crippen LogP) is 4.00. The molecule has 3 aromatic heterocycles. The number of rotatable bonds is 7. The van der Waals surface area contributed by atoms with Crippen molar-refractivity contribution in [3.8, 4) is 22.6 Å². The number of benzene rings is 1. The normalized spacial score (nSPS) is 16.0. The van der Waals surface area contributed by atoms with Crippen LogP contribution in [0.2, 0.25) is 0 Å². The SMILES string of the molecule is COc1ccc(-c2csc3nc(C)nc(Sc4nnnn4C[C@H]4CCCO4)c23)cc1OC. The highest BCUT2D eigenvalue weighted by atomic mass is 32.2. The Hall–Kier alpha value is -2.76. The van der Waals surface area contributed by atoms with Gasteiger partial charge in [-0.2, -0.15) is 0 Å². The molecule has 0 aliphatic carbocycles. The number of aryl methyl sites for hydroxylation is 1. The second-order valence-corrected chi connectivity index (χ2v) is 9.17. The highest BCUT2D eigenvalue weighted by molar-refractivity contribution is 7.99. The van der Waals surface area contributed by atoms with Gasteiger partial charge in [-0.25, -0.2) is 14.6 Å². The van der Waals surface area contributed by atoms with E-state index >= 15 is 0 Å². The first-order chi connectivity index (χ1) is 15.7. The molecule has 0 unspecified atom stereocenters. The van der Waals surface area contributed by atoms with Crippen LogP contribution >= 0.6 is 23.1 Å². The minimum absolute atomic E-state index is 0.147. The first-order valence-corrected chi connectivity index (χ1v) is 11.9. The number of aromatic nitrogens is 6. The van der Waals surface area contributed by atoms with Crippen molar-refractivity contribution in [2.24, 2.45) is 0 Å². The van der Waals surface area contributed by atoms with Gasteiger partial charge >= 0.3 is 0 Å².